The van der Waals surface area contributed by atoms with Crippen molar-refractivity contribution in [2.45, 2.75) is 12.7 Å². The van der Waals surface area contributed by atoms with Crippen LogP contribution in [0.25, 0.3) is 0 Å². The molecular weight excluding hydrogens is 216 g/mol. The SMILES string of the molecule is C=CC(=O)OCC(=O)OC1COCCCO1. The summed E-state index contributed by atoms with van der Waals surface area (Å²) in [7, 11) is 0. The summed E-state index contributed by atoms with van der Waals surface area (Å²) in [5, 5.41) is 0. The number of hydrogen-bond donors (Lipinski definition) is 0. The monoisotopic (exact) mass is 230 g/mol. The van der Waals surface area contributed by atoms with Crippen LogP contribution < -0.4 is 0 Å². The van der Waals surface area contributed by atoms with Crippen LogP contribution in [0.15, 0.2) is 12.7 Å². The average Bonchev–Trinajstić information content (AvgIpc) is 2.54. The highest BCUT2D eigenvalue weighted by Crippen LogP contribution is 2.03. The fourth-order valence-electron chi connectivity index (χ4n) is 1.04. The van der Waals surface area contributed by atoms with E-state index in [9.17, 15) is 9.59 Å². The van der Waals surface area contributed by atoms with Crippen LogP contribution in [0.1, 0.15) is 6.42 Å². The number of hydrogen-bond acceptors (Lipinski definition) is 6. The maximum absolute atomic E-state index is 11.2. The molecule has 0 aromatic rings. The van der Waals surface area contributed by atoms with Crippen LogP contribution in [0.4, 0.5) is 0 Å². The van der Waals surface area contributed by atoms with Crippen LogP contribution in [-0.2, 0) is 28.5 Å². The minimum atomic E-state index is -0.725. The van der Waals surface area contributed by atoms with Crippen LogP contribution in [0, 0.1) is 0 Å². The molecule has 0 aromatic heterocycles. The molecule has 0 spiro atoms. The smallest absolute Gasteiger partial charge is 0.346 e. The Labute approximate surface area is 93.1 Å². The molecule has 0 amide bonds. The van der Waals surface area contributed by atoms with Crippen LogP contribution in [0.3, 0.4) is 0 Å². The van der Waals surface area contributed by atoms with E-state index < -0.39 is 24.8 Å². The highest BCUT2D eigenvalue weighted by atomic mass is 16.7. The lowest BCUT2D eigenvalue weighted by Crippen LogP contribution is -2.27. The summed E-state index contributed by atoms with van der Waals surface area (Å²) in [4.78, 5) is 21.8. The van der Waals surface area contributed by atoms with Gasteiger partial charge in [-0.25, -0.2) is 9.59 Å². The minimum Gasteiger partial charge on any atom is -0.451 e. The lowest BCUT2D eigenvalue weighted by Gasteiger charge is -2.14. The number of carbonyl (C=O) groups is 2. The summed E-state index contributed by atoms with van der Waals surface area (Å²) in [5.41, 5.74) is 0. The van der Waals surface area contributed by atoms with Gasteiger partial charge < -0.3 is 18.9 Å². The van der Waals surface area contributed by atoms with Gasteiger partial charge in [0.25, 0.3) is 0 Å². The summed E-state index contributed by atoms with van der Waals surface area (Å²) >= 11 is 0. The van der Waals surface area contributed by atoms with Gasteiger partial charge in [0.1, 0.15) is 6.61 Å². The molecule has 0 bridgehead atoms. The molecule has 1 unspecified atom stereocenters. The lowest BCUT2D eigenvalue weighted by molar-refractivity contribution is -0.189. The van der Waals surface area contributed by atoms with Crippen molar-refractivity contribution < 1.29 is 28.5 Å². The zero-order valence-corrected chi connectivity index (χ0v) is 8.85. The summed E-state index contributed by atoms with van der Waals surface area (Å²) in [6.45, 7) is 4.00. The molecule has 1 rings (SSSR count). The van der Waals surface area contributed by atoms with Gasteiger partial charge in [-0.3, -0.25) is 0 Å². The Kier molecular flexibility index (Phi) is 5.52. The van der Waals surface area contributed by atoms with Crippen molar-refractivity contribution in [1.82, 2.24) is 0 Å². The van der Waals surface area contributed by atoms with Crippen molar-refractivity contribution in [3.8, 4) is 0 Å². The van der Waals surface area contributed by atoms with Crippen molar-refractivity contribution in [1.29, 1.82) is 0 Å². The van der Waals surface area contributed by atoms with Gasteiger partial charge in [-0.2, -0.15) is 0 Å². The molecule has 6 nitrogen and oxygen atoms in total. The zero-order chi connectivity index (χ0) is 11.8. The van der Waals surface area contributed by atoms with Crippen molar-refractivity contribution in [3.05, 3.63) is 12.7 Å². The molecule has 1 saturated heterocycles. The van der Waals surface area contributed by atoms with E-state index in [0.29, 0.717) is 13.2 Å². The van der Waals surface area contributed by atoms with Gasteiger partial charge in [-0.15, -0.1) is 0 Å². The van der Waals surface area contributed by atoms with Gasteiger partial charge in [0.05, 0.1) is 6.61 Å². The van der Waals surface area contributed by atoms with Crippen molar-refractivity contribution in [3.63, 3.8) is 0 Å². The van der Waals surface area contributed by atoms with Gasteiger partial charge in [0, 0.05) is 12.7 Å². The molecule has 0 N–H and O–H groups in total. The summed E-state index contributed by atoms with van der Waals surface area (Å²) in [6.07, 6.45) is 1.01. The van der Waals surface area contributed by atoms with E-state index in [0.717, 1.165) is 12.5 Å². The topological polar surface area (TPSA) is 71.1 Å². The quantitative estimate of drug-likeness (QED) is 0.501. The minimum absolute atomic E-state index is 0.196. The Morgan fingerprint density at radius 1 is 1.44 bits per heavy atom. The maximum atomic E-state index is 11.2. The zero-order valence-electron chi connectivity index (χ0n) is 8.85. The fraction of sp³-hybridized carbons (Fsp3) is 0.600. The molecule has 1 aliphatic heterocycles. The highest BCUT2D eigenvalue weighted by molar-refractivity contribution is 5.83. The van der Waals surface area contributed by atoms with E-state index in [1.165, 1.54) is 0 Å². The number of ether oxygens (including phenoxy) is 4. The highest BCUT2D eigenvalue weighted by Gasteiger charge is 2.18. The van der Waals surface area contributed by atoms with Gasteiger partial charge in [-0.05, 0) is 6.42 Å². The lowest BCUT2D eigenvalue weighted by atomic mass is 10.5. The molecule has 1 atom stereocenters. The molecule has 0 radical (unpaired) electrons. The van der Waals surface area contributed by atoms with E-state index in [-0.39, 0.29) is 6.61 Å². The van der Waals surface area contributed by atoms with Crippen LogP contribution in [0.2, 0.25) is 0 Å². The third-order valence-corrected chi connectivity index (χ3v) is 1.75. The van der Waals surface area contributed by atoms with E-state index in [4.69, 9.17) is 14.2 Å². The molecule has 6 heteroatoms. The summed E-state index contributed by atoms with van der Waals surface area (Å²) in [5.74, 6) is -1.35. The first-order valence-electron chi connectivity index (χ1n) is 4.90. The number of carbonyl (C=O) groups excluding carboxylic acids is 2. The molecule has 1 fully saturated rings. The largest absolute Gasteiger partial charge is 0.451 e. The molecule has 1 aliphatic rings. The predicted octanol–water partition coefficient (Wildman–Crippen LogP) is 0.0218. The fourth-order valence-corrected chi connectivity index (χ4v) is 1.04. The first-order valence-corrected chi connectivity index (χ1v) is 4.90. The maximum Gasteiger partial charge on any atom is 0.346 e. The molecular formula is C10H14O6. The van der Waals surface area contributed by atoms with Crippen molar-refractivity contribution >= 4 is 11.9 Å². The van der Waals surface area contributed by atoms with Gasteiger partial charge in [0.15, 0.2) is 6.61 Å². The van der Waals surface area contributed by atoms with Gasteiger partial charge in [0.2, 0.25) is 6.29 Å². The Balaban J connectivity index is 2.21. The molecule has 16 heavy (non-hydrogen) atoms. The number of esters is 2. The Bertz CT molecular complexity index is 254. The third-order valence-electron chi connectivity index (χ3n) is 1.75. The molecule has 90 valence electrons. The van der Waals surface area contributed by atoms with Crippen LogP contribution >= 0.6 is 0 Å². The van der Waals surface area contributed by atoms with Crippen LogP contribution in [0.5, 0.6) is 0 Å². The molecule has 0 aromatic carbocycles. The van der Waals surface area contributed by atoms with Crippen molar-refractivity contribution in [2.75, 3.05) is 26.4 Å². The standard InChI is InChI=1S/C10H14O6/c1-2-8(11)15-6-9(12)16-10-7-13-4-3-5-14-10/h2,10H,1,3-7H2. The van der Waals surface area contributed by atoms with E-state index in [1.807, 2.05) is 0 Å². The summed E-state index contributed by atoms with van der Waals surface area (Å²) < 4.78 is 19.7. The molecule has 1 heterocycles. The normalized spacial score (nSPS) is 20.6. The van der Waals surface area contributed by atoms with Crippen molar-refractivity contribution in [2.24, 2.45) is 0 Å². The molecule has 0 aliphatic carbocycles. The number of rotatable bonds is 4. The van der Waals surface area contributed by atoms with Crippen LogP contribution in [-0.4, -0.2) is 44.7 Å². The summed E-state index contributed by atoms with van der Waals surface area (Å²) in [6, 6.07) is 0. The second-order valence-electron chi connectivity index (χ2n) is 3.03. The second kappa shape index (κ2) is 6.97. The van der Waals surface area contributed by atoms with E-state index >= 15 is 0 Å². The van der Waals surface area contributed by atoms with Gasteiger partial charge >= 0.3 is 11.9 Å². The van der Waals surface area contributed by atoms with E-state index in [2.05, 4.69) is 11.3 Å². The van der Waals surface area contributed by atoms with E-state index in [1.54, 1.807) is 0 Å². The first kappa shape index (κ1) is 12.7. The average molecular weight is 230 g/mol. The third kappa shape index (κ3) is 4.90. The second-order valence-corrected chi connectivity index (χ2v) is 3.03. The van der Waals surface area contributed by atoms with Gasteiger partial charge in [-0.1, -0.05) is 6.58 Å². The Hall–Kier alpha value is -1.40. The predicted molar refractivity (Wildman–Crippen MR) is 52.4 cm³/mol. The Morgan fingerprint density at radius 3 is 3.00 bits per heavy atom. The first-order chi connectivity index (χ1) is 7.72. The Morgan fingerprint density at radius 2 is 2.25 bits per heavy atom. The molecule has 0 saturated carbocycles.